The van der Waals surface area contributed by atoms with Gasteiger partial charge in [-0.25, -0.2) is 17.5 Å². The van der Waals surface area contributed by atoms with Gasteiger partial charge >= 0.3 is 0 Å². The highest BCUT2D eigenvalue weighted by atomic mass is 32.2. The Balaban J connectivity index is 2.18. The van der Waals surface area contributed by atoms with Crippen molar-refractivity contribution in [1.82, 2.24) is 14.2 Å². The molecule has 1 N–H and O–H groups in total. The molecule has 0 saturated heterocycles. The van der Waals surface area contributed by atoms with Crippen LogP contribution in [-0.4, -0.2) is 38.5 Å². The molecule has 0 bridgehead atoms. The topological polar surface area (TPSA) is 54.3 Å². The Morgan fingerprint density at radius 3 is 2.55 bits per heavy atom. The smallest absolute Gasteiger partial charge is 0.240 e. The molecule has 1 unspecified atom stereocenters. The number of rotatable bonds is 6. The fourth-order valence-electron chi connectivity index (χ4n) is 2.28. The van der Waals surface area contributed by atoms with Gasteiger partial charge in [-0.3, -0.25) is 4.90 Å². The lowest BCUT2D eigenvalue weighted by atomic mass is 10.2. The number of sulfonamides is 1. The van der Waals surface area contributed by atoms with Crippen molar-refractivity contribution in [1.29, 1.82) is 0 Å². The summed E-state index contributed by atoms with van der Waals surface area (Å²) in [5.41, 5.74) is 0.993. The maximum Gasteiger partial charge on any atom is 0.240 e. The number of aromatic nitrogens is 1. The maximum absolute atomic E-state index is 13.2. The summed E-state index contributed by atoms with van der Waals surface area (Å²) < 4.78 is 42.2. The van der Waals surface area contributed by atoms with Crippen LogP contribution in [0.25, 0.3) is 0 Å². The number of likely N-dealkylation sites (N-methyl/N-ethyl adjacent to an activating group) is 1. The lowest BCUT2D eigenvalue weighted by Crippen LogP contribution is -2.35. The average molecular weight is 325 g/mol. The van der Waals surface area contributed by atoms with Crippen LogP contribution in [0.1, 0.15) is 11.7 Å². The van der Waals surface area contributed by atoms with Crippen molar-refractivity contribution < 1.29 is 12.8 Å². The number of hydrogen-bond acceptors (Lipinski definition) is 3. The van der Waals surface area contributed by atoms with Crippen molar-refractivity contribution in [2.24, 2.45) is 7.05 Å². The summed E-state index contributed by atoms with van der Waals surface area (Å²) in [4.78, 5) is 1.86. The first-order chi connectivity index (χ1) is 10.3. The second-order valence-corrected chi connectivity index (χ2v) is 7.10. The highest BCUT2D eigenvalue weighted by molar-refractivity contribution is 7.89. The number of hydrogen-bond donors (Lipinski definition) is 1. The van der Waals surface area contributed by atoms with Gasteiger partial charge < -0.3 is 4.57 Å². The zero-order chi connectivity index (χ0) is 16.3. The molecule has 1 aromatic heterocycles. The molecule has 7 heteroatoms. The summed E-state index contributed by atoms with van der Waals surface area (Å²) in [6, 6.07) is 8.71. The Hall–Kier alpha value is -1.70. The Morgan fingerprint density at radius 1 is 1.27 bits per heavy atom. The lowest BCUT2D eigenvalue weighted by Gasteiger charge is -2.25. The summed E-state index contributed by atoms with van der Waals surface area (Å²) in [5.74, 6) is -0.575. The molecule has 120 valence electrons. The molecule has 2 rings (SSSR count). The second kappa shape index (κ2) is 6.60. The van der Waals surface area contributed by atoms with Crippen LogP contribution in [0, 0.1) is 5.82 Å². The Labute approximate surface area is 130 Å². The third-order valence-electron chi connectivity index (χ3n) is 3.52. The van der Waals surface area contributed by atoms with Crippen LogP contribution in [0.2, 0.25) is 0 Å². The van der Waals surface area contributed by atoms with E-state index in [9.17, 15) is 12.8 Å². The van der Waals surface area contributed by atoms with Crippen LogP contribution in [-0.2, 0) is 17.1 Å². The van der Waals surface area contributed by atoms with Gasteiger partial charge in [0, 0.05) is 25.5 Å². The van der Waals surface area contributed by atoms with Gasteiger partial charge in [0.15, 0.2) is 0 Å². The van der Waals surface area contributed by atoms with Gasteiger partial charge in [0.05, 0.1) is 10.9 Å². The summed E-state index contributed by atoms with van der Waals surface area (Å²) >= 11 is 0. The van der Waals surface area contributed by atoms with E-state index >= 15 is 0 Å². The molecule has 0 radical (unpaired) electrons. The quantitative estimate of drug-likeness (QED) is 0.880. The molecule has 0 fully saturated rings. The molecule has 1 heterocycles. The average Bonchev–Trinajstić information content (AvgIpc) is 2.85. The van der Waals surface area contributed by atoms with Crippen molar-refractivity contribution in [2.75, 3.05) is 20.6 Å². The molecule has 0 aliphatic carbocycles. The largest absolute Gasteiger partial charge is 0.353 e. The van der Waals surface area contributed by atoms with E-state index in [2.05, 4.69) is 4.72 Å². The Bertz CT molecular complexity index is 741. The predicted octanol–water partition coefficient (Wildman–Crippen LogP) is 1.75. The Kier molecular flexibility index (Phi) is 5.00. The number of nitrogens with zero attached hydrogens (tertiary/aromatic N) is 2. The van der Waals surface area contributed by atoms with E-state index in [1.807, 2.05) is 48.9 Å². The van der Waals surface area contributed by atoms with E-state index in [1.165, 1.54) is 18.2 Å². The van der Waals surface area contributed by atoms with E-state index in [0.717, 1.165) is 11.8 Å². The molecule has 0 aliphatic heterocycles. The SMILES string of the molecule is CN(C)C(CNS(=O)(=O)c1cccc(F)c1)c1cccn1C. The van der Waals surface area contributed by atoms with Gasteiger partial charge in [-0.05, 0) is 44.4 Å². The van der Waals surface area contributed by atoms with Crippen molar-refractivity contribution >= 4 is 10.0 Å². The van der Waals surface area contributed by atoms with Gasteiger partial charge in [0.2, 0.25) is 10.0 Å². The summed E-state index contributed by atoms with van der Waals surface area (Å²) in [6.07, 6.45) is 1.91. The van der Waals surface area contributed by atoms with Crippen LogP contribution < -0.4 is 4.72 Å². The van der Waals surface area contributed by atoms with Crippen molar-refractivity contribution in [3.05, 3.63) is 54.1 Å². The Morgan fingerprint density at radius 2 is 2.00 bits per heavy atom. The summed E-state index contributed by atoms with van der Waals surface area (Å²) in [6.45, 7) is 0.198. The van der Waals surface area contributed by atoms with Gasteiger partial charge in [0.25, 0.3) is 0 Å². The highest BCUT2D eigenvalue weighted by Crippen LogP contribution is 2.18. The number of benzene rings is 1. The van der Waals surface area contributed by atoms with Crippen LogP contribution in [0.5, 0.6) is 0 Å². The molecule has 0 saturated carbocycles. The van der Waals surface area contributed by atoms with E-state index < -0.39 is 15.8 Å². The molecule has 0 spiro atoms. The molecule has 2 aromatic rings. The summed E-state index contributed by atoms with van der Waals surface area (Å²) in [7, 11) is 1.93. The highest BCUT2D eigenvalue weighted by Gasteiger charge is 2.21. The van der Waals surface area contributed by atoms with Gasteiger partial charge in [-0.2, -0.15) is 0 Å². The first kappa shape index (κ1) is 16.7. The molecular weight excluding hydrogens is 305 g/mol. The molecule has 5 nitrogen and oxygen atoms in total. The van der Waals surface area contributed by atoms with E-state index in [0.29, 0.717) is 0 Å². The lowest BCUT2D eigenvalue weighted by molar-refractivity contribution is 0.289. The fourth-order valence-corrected chi connectivity index (χ4v) is 3.35. The summed E-state index contributed by atoms with van der Waals surface area (Å²) in [5, 5.41) is 0. The second-order valence-electron chi connectivity index (χ2n) is 5.33. The van der Waals surface area contributed by atoms with Crippen molar-refractivity contribution in [2.45, 2.75) is 10.9 Å². The minimum absolute atomic E-state index is 0.0723. The first-order valence-corrected chi connectivity index (χ1v) is 8.32. The molecule has 22 heavy (non-hydrogen) atoms. The normalized spacial score (nSPS) is 13.5. The first-order valence-electron chi connectivity index (χ1n) is 6.84. The maximum atomic E-state index is 13.2. The van der Waals surface area contributed by atoms with Crippen LogP contribution in [0.4, 0.5) is 4.39 Å². The van der Waals surface area contributed by atoms with Crippen LogP contribution in [0.3, 0.4) is 0 Å². The third-order valence-corrected chi connectivity index (χ3v) is 4.94. The predicted molar refractivity (Wildman–Crippen MR) is 83.4 cm³/mol. The van der Waals surface area contributed by atoms with Gasteiger partial charge in [-0.1, -0.05) is 6.07 Å². The number of halogens is 1. The van der Waals surface area contributed by atoms with E-state index in [1.54, 1.807) is 0 Å². The van der Waals surface area contributed by atoms with Crippen molar-refractivity contribution in [3.8, 4) is 0 Å². The van der Waals surface area contributed by atoms with E-state index in [4.69, 9.17) is 0 Å². The molecule has 0 amide bonds. The zero-order valence-electron chi connectivity index (χ0n) is 12.8. The third kappa shape index (κ3) is 3.73. The van der Waals surface area contributed by atoms with Gasteiger partial charge in [-0.15, -0.1) is 0 Å². The number of aryl methyl sites for hydroxylation is 1. The minimum atomic E-state index is -3.74. The molecule has 0 aliphatic rings. The fraction of sp³-hybridized carbons (Fsp3) is 0.333. The van der Waals surface area contributed by atoms with Crippen LogP contribution >= 0.6 is 0 Å². The zero-order valence-corrected chi connectivity index (χ0v) is 13.6. The molecule has 1 aromatic carbocycles. The van der Waals surface area contributed by atoms with Crippen LogP contribution in [0.15, 0.2) is 47.5 Å². The number of nitrogens with one attached hydrogen (secondary N) is 1. The van der Waals surface area contributed by atoms with Crippen molar-refractivity contribution in [3.63, 3.8) is 0 Å². The molecule has 1 atom stereocenters. The monoisotopic (exact) mass is 325 g/mol. The van der Waals surface area contributed by atoms with Gasteiger partial charge in [0.1, 0.15) is 5.82 Å². The minimum Gasteiger partial charge on any atom is -0.353 e. The standard InChI is InChI=1S/C15H20FN3O2S/c1-18(2)15(14-8-5-9-19(14)3)11-17-22(20,21)13-7-4-6-12(16)10-13/h4-10,15,17H,11H2,1-3H3. The van der Waals surface area contributed by atoms with E-state index in [-0.39, 0.29) is 17.5 Å². The molecular formula is C15H20FN3O2S.